The number of nitrogens with zero attached hydrogens (tertiary/aromatic N) is 1. The molecule has 0 radical (unpaired) electrons. The van der Waals surface area contributed by atoms with E-state index in [9.17, 15) is 9.59 Å². The average molecular weight is 600 g/mol. The van der Waals surface area contributed by atoms with Crippen LogP contribution in [-0.4, -0.2) is 33.5 Å². The van der Waals surface area contributed by atoms with Crippen LogP contribution in [0.2, 0.25) is 0 Å². The lowest BCUT2D eigenvalue weighted by molar-refractivity contribution is -0.273. The predicted molar refractivity (Wildman–Crippen MR) is 151 cm³/mol. The van der Waals surface area contributed by atoms with E-state index in [0.29, 0.717) is 13.2 Å². The Bertz CT molecular complexity index is 1160. The molecule has 2 aliphatic heterocycles. The van der Waals surface area contributed by atoms with Gasteiger partial charge in [0.15, 0.2) is 6.23 Å². The third-order valence-corrected chi connectivity index (χ3v) is 6.22. The number of hydrogen-bond acceptors (Lipinski definition) is 6. The molecule has 2 atom stereocenters. The summed E-state index contributed by atoms with van der Waals surface area (Å²) >= 11 is 3.24. The molecule has 2 aromatic carbocycles. The molecule has 1 saturated heterocycles. The first kappa shape index (κ1) is 30.3. The number of ether oxygens (including phenoxy) is 1. The monoisotopic (exact) mass is 598 g/mol. The molecule has 39 heavy (non-hydrogen) atoms. The molecular formula is C30H35BrN2O6. The third-order valence-electron chi connectivity index (χ3n) is 5.86. The van der Waals surface area contributed by atoms with Crippen LogP contribution in [0.15, 0.2) is 102 Å². The van der Waals surface area contributed by atoms with Crippen molar-refractivity contribution in [3.63, 3.8) is 0 Å². The number of rotatable bonds is 7. The van der Waals surface area contributed by atoms with E-state index in [0.717, 1.165) is 11.1 Å². The summed E-state index contributed by atoms with van der Waals surface area (Å²) in [5, 5.41) is 1.35. The number of hydroxylamine groups is 3. The molecule has 1 fully saturated rings. The number of nitrogens with one attached hydrogen (secondary N) is 1. The average Bonchev–Trinajstić information content (AvgIpc) is 3.65. The Balaban J connectivity index is 0.000000187. The van der Waals surface area contributed by atoms with E-state index >= 15 is 0 Å². The topological polar surface area (TPSA) is 90.2 Å². The van der Waals surface area contributed by atoms with E-state index in [2.05, 4.69) is 25.8 Å². The minimum absolute atomic E-state index is 0.0327. The molecule has 1 aromatic heterocycles. The molecule has 9 heteroatoms. The van der Waals surface area contributed by atoms with Gasteiger partial charge in [-0.05, 0) is 57.0 Å². The Morgan fingerprint density at radius 3 is 2.03 bits per heavy atom. The highest BCUT2D eigenvalue weighted by Crippen LogP contribution is 2.38. The van der Waals surface area contributed by atoms with Gasteiger partial charge in [0.05, 0.1) is 30.7 Å². The number of hydrogen-bond donors (Lipinski definition) is 1. The van der Waals surface area contributed by atoms with Crippen LogP contribution in [-0.2, 0) is 37.2 Å². The lowest BCUT2D eigenvalue weighted by atomic mass is 9.85. The number of alkyl halides is 1. The summed E-state index contributed by atoms with van der Waals surface area (Å²) in [5.41, 5.74) is 3.85. The van der Waals surface area contributed by atoms with E-state index in [-0.39, 0.29) is 17.9 Å². The van der Waals surface area contributed by atoms with Crippen molar-refractivity contribution in [2.45, 2.75) is 57.6 Å². The third kappa shape index (κ3) is 9.18. The van der Waals surface area contributed by atoms with Gasteiger partial charge in [-0.15, -0.1) is 0 Å². The summed E-state index contributed by atoms with van der Waals surface area (Å²) in [4.78, 5) is 34.5. The Labute approximate surface area is 238 Å². The summed E-state index contributed by atoms with van der Waals surface area (Å²) in [7, 11) is 0. The van der Waals surface area contributed by atoms with E-state index in [1.54, 1.807) is 26.4 Å². The van der Waals surface area contributed by atoms with Crippen molar-refractivity contribution in [3.05, 3.63) is 109 Å². The molecule has 208 valence electrons. The van der Waals surface area contributed by atoms with E-state index in [1.165, 1.54) is 5.06 Å². The predicted octanol–water partition coefficient (Wildman–Crippen LogP) is 5.96. The van der Waals surface area contributed by atoms with Gasteiger partial charge in [-0.3, -0.25) is 19.3 Å². The standard InChI is InChI=1S/C15H17NO3.C11H14BrNO2.C4H4O/c1-15(2)12-8-9-13(19-12)16(14(15)17)18-10-11-6-4-3-5-7-11;1-11(2,12)10(14)13-15-8-9-6-4-3-5-7-9;1-2-4-5-3-1/h3-9,12-13H,10H2,1-2H3;3-7H,8H2,1-2H3,(H,13,14);1-4H. The molecule has 0 spiro atoms. The van der Waals surface area contributed by atoms with Crippen LogP contribution in [0.4, 0.5) is 0 Å². The van der Waals surface area contributed by atoms with E-state index < -0.39 is 16.0 Å². The quantitative estimate of drug-likeness (QED) is 0.205. The fraction of sp³-hybridized carbons (Fsp3) is 0.333. The van der Waals surface area contributed by atoms with E-state index in [4.69, 9.17) is 14.4 Å². The van der Waals surface area contributed by atoms with Gasteiger partial charge in [0.2, 0.25) is 0 Å². The highest BCUT2D eigenvalue weighted by atomic mass is 79.9. The number of benzene rings is 2. The van der Waals surface area contributed by atoms with Gasteiger partial charge in [0.1, 0.15) is 10.9 Å². The number of furan rings is 1. The van der Waals surface area contributed by atoms with Gasteiger partial charge in [-0.25, -0.2) is 5.48 Å². The fourth-order valence-electron chi connectivity index (χ4n) is 3.46. The van der Waals surface area contributed by atoms with Crippen LogP contribution in [0.5, 0.6) is 0 Å². The van der Waals surface area contributed by atoms with Gasteiger partial charge < -0.3 is 9.15 Å². The number of fused-ring (bicyclic) bond motifs is 2. The summed E-state index contributed by atoms with van der Waals surface area (Å²) in [6.45, 7) is 8.01. The van der Waals surface area contributed by atoms with Crippen molar-refractivity contribution >= 4 is 27.7 Å². The Kier molecular flexibility index (Phi) is 11.1. The lowest BCUT2D eigenvalue weighted by Crippen LogP contribution is -2.55. The number of carbonyl (C=O) groups excluding carboxylic acids is 2. The number of carbonyl (C=O) groups is 2. The number of amides is 2. The smallest absolute Gasteiger partial charge is 0.259 e. The second kappa shape index (κ2) is 14.2. The van der Waals surface area contributed by atoms with Gasteiger partial charge in [0.25, 0.3) is 11.8 Å². The largest absolute Gasteiger partial charge is 0.473 e. The lowest BCUT2D eigenvalue weighted by Gasteiger charge is -2.41. The zero-order valence-electron chi connectivity index (χ0n) is 22.6. The summed E-state index contributed by atoms with van der Waals surface area (Å²) in [6.07, 6.45) is 6.52. The van der Waals surface area contributed by atoms with Crippen LogP contribution in [0.3, 0.4) is 0 Å². The zero-order valence-corrected chi connectivity index (χ0v) is 24.2. The van der Waals surface area contributed by atoms with Crippen LogP contribution in [0.1, 0.15) is 38.8 Å². The summed E-state index contributed by atoms with van der Waals surface area (Å²) in [5.74, 6) is -0.229. The van der Waals surface area contributed by atoms with Crippen molar-refractivity contribution in [2.75, 3.05) is 0 Å². The molecule has 3 heterocycles. The highest BCUT2D eigenvalue weighted by Gasteiger charge is 2.50. The van der Waals surface area contributed by atoms with Crippen molar-refractivity contribution in [3.8, 4) is 0 Å². The van der Waals surface area contributed by atoms with Crippen LogP contribution < -0.4 is 5.48 Å². The second-order valence-electron chi connectivity index (χ2n) is 9.91. The second-order valence-corrected chi connectivity index (χ2v) is 11.9. The van der Waals surface area contributed by atoms with Crippen molar-refractivity contribution < 1.29 is 28.4 Å². The maximum absolute atomic E-state index is 12.4. The molecule has 1 N–H and O–H groups in total. The molecule has 3 aromatic rings. The Hall–Kier alpha value is -3.24. The van der Waals surface area contributed by atoms with Gasteiger partial charge in [-0.1, -0.05) is 82.7 Å². The highest BCUT2D eigenvalue weighted by molar-refractivity contribution is 9.10. The molecule has 2 bridgehead atoms. The van der Waals surface area contributed by atoms with Crippen molar-refractivity contribution in [1.29, 1.82) is 0 Å². The SMILES string of the molecule is CC(C)(Br)C(=O)NOCc1ccccc1.CC1(C)C(=O)N(OCc2ccccc2)C2C=CC1O2.c1ccoc1. The first-order valence-electron chi connectivity index (χ1n) is 12.6. The molecule has 2 aliphatic rings. The van der Waals surface area contributed by atoms with Gasteiger partial charge in [0, 0.05) is 0 Å². The Morgan fingerprint density at radius 1 is 0.949 bits per heavy atom. The molecule has 8 nitrogen and oxygen atoms in total. The first-order chi connectivity index (χ1) is 18.6. The van der Waals surface area contributed by atoms with E-state index in [1.807, 2.05) is 98.8 Å². The summed E-state index contributed by atoms with van der Waals surface area (Å²) in [6, 6.07) is 23.1. The number of halogens is 1. The molecule has 2 amide bonds. The minimum atomic E-state index is -0.607. The van der Waals surface area contributed by atoms with Crippen LogP contribution in [0.25, 0.3) is 0 Å². The van der Waals surface area contributed by atoms with Gasteiger partial charge >= 0.3 is 0 Å². The van der Waals surface area contributed by atoms with Crippen molar-refractivity contribution in [1.82, 2.24) is 10.5 Å². The fourth-order valence-corrected chi connectivity index (χ4v) is 3.54. The maximum atomic E-state index is 12.4. The first-order valence-corrected chi connectivity index (χ1v) is 13.3. The normalized spacial score (nSPS) is 18.9. The Morgan fingerprint density at radius 2 is 1.51 bits per heavy atom. The van der Waals surface area contributed by atoms with Gasteiger partial charge in [-0.2, -0.15) is 5.06 Å². The molecule has 0 aliphatic carbocycles. The zero-order chi connectivity index (χ0) is 28.3. The molecular weight excluding hydrogens is 564 g/mol. The molecule has 5 rings (SSSR count). The maximum Gasteiger partial charge on any atom is 0.259 e. The van der Waals surface area contributed by atoms with Crippen LogP contribution in [0, 0.1) is 5.41 Å². The molecule has 2 unspecified atom stereocenters. The molecule has 0 saturated carbocycles. The minimum Gasteiger partial charge on any atom is -0.473 e. The van der Waals surface area contributed by atoms with Crippen LogP contribution >= 0.6 is 15.9 Å². The summed E-state index contributed by atoms with van der Waals surface area (Å²) < 4.78 is 9.73. The van der Waals surface area contributed by atoms with Crippen molar-refractivity contribution in [2.24, 2.45) is 5.41 Å².